The number of halogens is 3. The van der Waals surface area contributed by atoms with Gasteiger partial charge in [-0.15, -0.1) is 0 Å². The fraction of sp³-hybridized carbons (Fsp3) is 0.273. The molecular weight excluding hydrogens is 465 g/mol. The van der Waals surface area contributed by atoms with Crippen molar-refractivity contribution in [1.82, 2.24) is 34.9 Å². The van der Waals surface area contributed by atoms with Gasteiger partial charge in [0.05, 0.1) is 41.4 Å². The number of likely N-dealkylation sites (tertiary alicyclic amines) is 1. The molecule has 13 heteroatoms. The second-order valence-corrected chi connectivity index (χ2v) is 8.16. The van der Waals surface area contributed by atoms with Crippen LogP contribution in [0.3, 0.4) is 0 Å². The van der Waals surface area contributed by atoms with E-state index in [1.54, 1.807) is 0 Å². The van der Waals surface area contributed by atoms with Gasteiger partial charge in [-0.05, 0) is 18.2 Å². The van der Waals surface area contributed by atoms with Gasteiger partial charge in [0.1, 0.15) is 16.9 Å². The van der Waals surface area contributed by atoms with Crippen LogP contribution in [0.5, 0.6) is 0 Å². The molecule has 1 aromatic carbocycles. The van der Waals surface area contributed by atoms with Crippen LogP contribution in [-0.4, -0.2) is 61.1 Å². The minimum Gasteiger partial charge on any atom is -0.344 e. The first kappa shape index (κ1) is 22.3. The summed E-state index contributed by atoms with van der Waals surface area (Å²) < 4.78 is 40.7. The van der Waals surface area contributed by atoms with Gasteiger partial charge in [-0.2, -0.15) is 23.5 Å². The number of nitriles is 1. The lowest BCUT2D eigenvalue weighted by Crippen LogP contribution is -2.52. The molecule has 0 atom stereocenters. The number of aryl methyl sites for hydroxylation is 1. The van der Waals surface area contributed by atoms with Crippen LogP contribution >= 0.6 is 0 Å². The monoisotopic (exact) mass is 482 g/mol. The van der Waals surface area contributed by atoms with E-state index in [4.69, 9.17) is 5.26 Å². The molecule has 3 aromatic heterocycles. The molecule has 2 amide bonds. The first-order valence-corrected chi connectivity index (χ1v) is 10.5. The zero-order valence-electron chi connectivity index (χ0n) is 18.2. The second kappa shape index (κ2) is 8.08. The lowest BCUT2D eigenvalue weighted by atomic mass is 10.0. The third-order valence-electron chi connectivity index (χ3n) is 5.86. The molecule has 2 N–H and O–H groups in total. The number of alkyl halides is 3. The summed E-state index contributed by atoms with van der Waals surface area (Å²) in [6, 6.07) is 5.40. The lowest BCUT2D eigenvalue weighted by molar-refractivity contribution is -0.137. The zero-order chi connectivity index (χ0) is 24.9. The van der Waals surface area contributed by atoms with Crippen molar-refractivity contribution < 1.29 is 22.8 Å². The van der Waals surface area contributed by atoms with Crippen LogP contribution in [0.25, 0.3) is 33.5 Å². The molecule has 10 nitrogen and oxygen atoms in total. The normalized spacial score (nSPS) is 14.2. The van der Waals surface area contributed by atoms with E-state index < -0.39 is 17.6 Å². The summed E-state index contributed by atoms with van der Waals surface area (Å²) in [6.07, 6.45) is -1.66. The number of fused-ring (bicyclic) bond motifs is 2. The number of nitrogens with zero attached hydrogens (tertiary/aromatic N) is 6. The van der Waals surface area contributed by atoms with E-state index in [2.05, 4.69) is 31.4 Å². The number of hydrogen-bond donors (Lipinski definition) is 2. The van der Waals surface area contributed by atoms with Crippen LogP contribution in [0.4, 0.5) is 13.2 Å². The highest BCUT2D eigenvalue weighted by Crippen LogP contribution is 2.34. The van der Waals surface area contributed by atoms with E-state index in [1.165, 1.54) is 35.1 Å². The Morgan fingerprint density at radius 2 is 2.09 bits per heavy atom. The largest absolute Gasteiger partial charge is 0.416 e. The summed E-state index contributed by atoms with van der Waals surface area (Å²) in [5.41, 5.74) is 0.777. The van der Waals surface area contributed by atoms with Crippen LogP contribution in [0.2, 0.25) is 0 Å². The van der Waals surface area contributed by atoms with Gasteiger partial charge in [0.2, 0.25) is 5.91 Å². The molecule has 35 heavy (non-hydrogen) atoms. The number of nitrogens with one attached hydrogen (secondary N) is 2. The van der Waals surface area contributed by atoms with Crippen molar-refractivity contribution in [3.8, 4) is 17.5 Å². The Kier molecular flexibility index (Phi) is 5.16. The third kappa shape index (κ3) is 3.92. The van der Waals surface area contributed by atoms with Crippen molar-refractivity contribution >= 4 is 33.9 Å². The topological polar surface area (TPSA) is 133 Å². The van der Waals surface area contributed by atoms with Gasteiger partial charge in [-0.25, -0.2) is 9.97 Å². The Morgan fingerprint density at radius 3 is 2.80 bits per heavy atom. The van der Waals surface area contributed by atoms with Crippen molar-refractivity contribution in [3.05, 3.63) is 41.7 Å². The SMILES string of the molecule is Cn1nc(-c2cnc3[nH]cc(C(=O)NCC(=O)N4CC(C#N)C4)c3n2)c2ccc(C(F)(F)F)cc21. The molecule has 4 aromatic rings. The highest BCUT2D eigenvalue weighted by molar-refractivity contribution is 6.06. The quantitative estimate of drug-likeness (QED) is 0.459. The maximum absolute atomic E-state index is 13.1. The molecule has 178 valence electrons. The summed E-state index contributed by atoms with van der Waals surface area (Å²) in [7, 11) is 1.53. The van der Waals surface area contributed by atoms with Gasteiger partial charge in [0, 0.05) is 31.7 Å². The highest BCUT2D eigenvalue weighted by atomic mass is 19.4. The van der Waals surface area contributed by atoms with E-state index in [1.807, 2.05) is 0 Å². The van der Waals surface area contributed by atoms with Crippen molar-refractivity contribution in [2.24, 2.45) is 13.0 Å². The zero-order valence-corrected chi connectivity index (χ0v) is 18.2. The molecular formula is C22H17F3N8O2. The maximum atomic E-state index is 13.1. The molecule has 5 rings (SSSR count). The minimum atomic E-state index is -4.49. The second-order valence-electron chi connectivity index (χ2n) is 8.16. The van der Waals surface area contributed by atoms with Crippen LogP contribution in [0.15, 0.2) is 30.6 Å². The molecule has 0 saturated carbocycles. The van der Waals surface area contributed by atoms with Crippen molar-refractivity contribution in [2.45, 2.75) is 6.18 Å². The van der Waals surface area contributed by atoms with Gasteiger partial charge >= 0.3 is 6.18 Å². The molecule has 4 heterocycles. The number of benzene rings is 1. The minimum absolute atomic E-state index is 0.153. The molecule has 1 saturated heterocycles. The molecule has 0 unspecified atom stereocenters. The van der Waals surface area contributed by atoms with Crippen LogP contribution in [-0.2, 0) is 18.0 Å². The third-order valence-corrected chi connectivity index (χ3v) is 5.86. The average Bonchev–Trinajstić information content (AvgIpc) is 3.36. The van der Waals surface area contributed by atoms with Crippen LogP contribution in [0.1, 0.15) is 15.9 Å². The number of amides is 2. The molecule has 1 aliphatic heterocycles. The van der Waals surface area contributed by atoms with Crippen molar-refractivity contribution in [1.29, 1.82) is 5.26 Å². The summed E-state index contributed by atoms with van der Waals surface area (Å²) in [5.74, 6) is -1.02. The van der Waals surface area contributed by atoms with E-state index in [0.29, 0.717) is 29.8 Å². The molecule has 0 radical (unpaired) electrons. The summed E-state index contributed by atoms with van der Waals surface area (Å²) >= 11 is 0. The molecule has 0 spiro atoms. The van der Waals surface area contributed by atoms with Gasteiger partial charge in [-0.3, -0.25) is 14.3 Å². The standard InChI is InChI=1S/C22H17F3N8O2/c1-32-16-4-12(22(23,24)25)2-3-13(16)18(31-32)15-7-28-20-19(30-15)14(6-27-20)21(35)29-8-17(34)33-9-11(5-26)10-33/h2-4,6-7,11H,8-10H2,1H3,(H,27,28)(H,29,35). The molecule has 0 bridgehead atoms. The molecule has 1 aliphatic rings. The predicted octanol–water partition coefficient (Wildman–Crippen LogP) is 2.24. The lowest BCUT2D eigenvalue weighted by Gasteiger charge is -2.35. The number of carbonyl (C=O) groups excluding carboxylic acids is 2. The van der Waals surface area contributed by atoms with E-state index in [9.17, 15) is 22.8 Å². The summed E-state index contributed by atoms with van der Waals surface area (Å²) in [5, 5.41) is 16.1. The Bertz CT molecular complexity index is 1530. The number of aromatic amines is 1. The number of carbonyl (C=O) groups is 2. The van der Waals surface area contributed by atoms with Gasteiger partial charge in [-0.1, -0.05) is 0 Å². The highest BCUT2D eigenvalue weighted by Gasteiger charge is 2.32. The van der Waals surface area contributed by atoms with Crippen molar-refractivity contribution in [2.75, 3.05) is 19.6 Å². The van der Waals surface area contributed by atoms with Gasteiger partial charge in [0.15, 0.2) is 5.65 Å². The van der Waals surface area contributed by atoms with Crippen LogP contribution < -0.4 is 5.32 Å². The Labute approximate surface area is 195 Å². The maximum Gasteiger partial charge on any atom is 0.416 e. The summed E-state index contributed by atoms with van der Waals surface area (Å²) in [4.78, 5) is 38.0. The number of H-pyrrole nitrogens is 1. The first-order chi connectivity index (χ1) is 16.7. The van der Waals surface area contributed by atoms with E-state index in [0.717, 1.165) is 12.1 Å². The molecule has 1 fully saturated rings. The van der Waals surface area contributed by atoms with Crippen LogP contribution in [0, 0.1) is 17.2 Å². The van der Waals surface area contributed by atoms with E-state index >= 15 is 0 Å². The number of rotatable bonds is 4. The van der Waals surface area contributed by atoms with E-state index in [-0.39, 0.29) is 40.7 Å². The Balaban J connectivity index is 1.42. The summed E-state index contributed by atoms with van der Waals surface area (Å²) in [6.45, 7) is 0.453. The van der Waals surface area contributed by atoms with Gasteiger partial charge < -0.3 is 15.2 Å². The number of aromatic nitrogens is 5. The van der Waals surface area contributed by atoms with Crippen molar-refractivity contribution in [3.63, 3.8) is 0 Å². The first-order valence-electron chi connectivity index (χ1n) is 10.5. The number of hydrogen-bond acceptors (Lipinski definition) is 6. The smallest absolute Gasteiger partial charge is 0.344 e. The Hall–Kier alpha value is -4.47. The van der Waals surface area contributed by atoms with Gasteiger partial charge in [0.25, 0.3) is 5.91 Å². The fourth-order valence-corrected chi connectivity index (χ4v) is 3.93. The average molecular weight is 482 g/mol. The molecule has 0 aliphatic carbocycles. The Morgan fingerprint density at radius 1 is 1.31 bits per heavy atom. The predicted molar refractivity (Wildman–Crippen MR) is 117 cm³/mol. The fourth-order valence-electron chi connectivity index (χ4n) is 3.93.